The van der Waals surface area contributed by atoms with Gasteiger partial charge in [0, 0.05) is 38.3 Å². The Kier molecular flexibility index (Phi) is 5.78. The predicted molar refractivity (Wildman–Crippen MR) is 106 cm³/mol. The first-order valence-corrected chi connectivity index (χ1v) is 10.9. The third-order valence-corrected chi connectivity index (χ3v) is 5.94. The zero-order chi connectivity index (χ0) is 18.6. The molecule has 2 aliphatic rings. The number of hydrogen-bond donors (Lipinski definition) is 1. The van der Waals surface area contributed by atoms with Crippen molar-refractivity contribution in [2.24, 2.45) is 0 Å². The van der Waals surface area contributed by atoms with Gasteiger partial charge in [0.1, 0.15) is 6.10 Å². The van der Waals surface area contributed by atoms with E-state index in [1.54, 1.807) is 0 Å². The Hall–Kier alpha value is -1.86. The topological polar surface area (TPSA) is 71.1 Å². The molecule has 6 nitrogen and oxygen atoms in total. The molecule has 2 aromatic rings. The number of fused-ring (bicyclic) bond motifs is 1. The molecule has 0 spiro atoms. The summed E-state index contributed by atoms with van der Waals surface area (Å²) in [5.41, 5.74) is 2.86. The van der Waals surface area contributed by atoms with Crippen molar-refractivity contribution >= 4 is 11.8 Å². The summed E-state index contributed by atoms with van der Waals surface area (Å²) >= 11 is 1.47. The van der Waals surface area contributed by atoms with Crippen molar-refractivity contribution in [2.45, 2.75) is 62.9 Å². The van der Waals surface area contributed by atoms with Crippen LogP contribution in [-0.2, 0) is 19.5 Å². The van der Waals surface area contributed by atoms with Gasteiger partial charge >= 0.3 is 0 Å². The van der Waals surface area contributed by atoms with Crippen molar-refractivity contribution in [3.63, 3.8) is 0 Å². The number of hydrogen-bond acceptors (Lipinski definition) is 6. The Morgan fingerprint density at radius 3 is 2.89 bits per heavy atom. The van der Waals surface area contributed by atoms with Crippen LogP contribution in [0.25, 0.3) is 0 Å². The van der Waals surface area contributed by atoms with Gasteiger partial charge in [0.25, 0.3) is 5.56 Å². The van der Waals surface area contributed by atoms with Gasteiger partial charge in [-0.3, -0.25) is 9.69 Å². The summed E-state index contributed by atoms with van der Waals surface area (Å²) < 4.78 is 6.00. The lowest BCUT2D eigenvalue weighted by molar-refractivity contribution is 0.148. The van der Waals surface area contributed by atoms with Gasteiger partial charge < -0.3 is 9.72 Å². The molecule has 7 heteroatoms. The van der Waals surface area contributed by atoms with Crippen molar-refractivity contribution in [2.75, 3.05) is 12.8 Å². The van der Waals surface area contributed by atoms with E-state index < -0.39 is 0 Å². The van der Waals surface area contributed by atoms with Crippen LogP contribution in [0.5, 0.6) is 5.88 Å². The highest BCUT2D eigenvalue weighted by molar-refractivity contribution is 7.98. The molecule has 1 aliphatic carbocycles. The Labute approximate surface area is 163 Å². The van der Waals surface area contributed by atoms with Gasteiger partial charge in [0.05, 0.1) is 11.3 Å². The van der Waals surface area contributed by atoms with E-state index in [0.29, 0.717) is 17.8 Å². The van der Waals surface area contributed by atoms with E-state index in [9.17, 15) is 4.79 Å². The van der Waals surface area contributed by atoms with Crippen molar-refractivity contribution in [3.8, 4) is 5.88 Å². The van der Waals surface area contributed by atoms with Crippen LogP contribution in [0.1, 0.15) is 48.9 Å². The lowest BCUT2D eigenvalue weighted by Crippen LogP contribution is -2.35. The highest BCUT2D eigenvalue weighted by Gasteiger charge is 2.21. The van der Waals surface area contributed by atoms with Gasteiger partial charge in [-0.05, 0) is 37.5 Å². The number of nitrogens with one attached hydrogen (secondary N) is 1. The van der Waals surface area contributed by atoms with Gasteiger partial charge in [-0.2, -0.15) is 0 Å². The number of thioether (sulfide) groups is 1. The number of nitrogens with zero attached hydrogens (tertiary/aromatic N) is 3. The van der Waals surface area contributed by atoms with Gasteiger partial charge in [0.15, 0.2) is 5.16 Å². The van der Waals surface area contributed by atoms with Crippen molar-refractivity contribution in [3.05, 3.63) is 45.5 Å². The Morgan fingerprint density at radius 1 is 1.30 bits per heavy atom. The second-order valence-electron chi connectivity index (χ2n) is 7.34. The second kappa shape index (κ2) is 8.44. The monoisotopic (exact) mass is 386 g/mol. The molecule has 0 unspecified atom stereocenters. The minimum Gasteiger partial charge on any atom is -0.474 e. The fraction of sp³-hybridized carbons (Fsp3) is 0.550. The largest absolute Gasteiger partial charge is 0.474 e. The molecule has 3 heterocycles. The molecule has 0 atom stereocenters. The van der Waals surface area contributed by atoms with Crippen molar-refractivity contribution in [1.82, 2.24) is 19.9 Å². The Balaban J connectivity index is 1.37. The predicted octanol–water partition coefficient (Wildman–Crippen LogP) is 3.16. The lowest BCUT2D eigenvalue weighted by atomic mass is 9.98. The number of pyridine rings is 1. The van der Waals surface area contributed by atoms with Gasteiger partial charge in [-0.1, -0.05) is 24.2 Å². The van der Waals surface area contributed by atoms with E-state index in [0.717, 1.165) is 55.1 Å². The minimum absolute atomic E-state index is 0.0107. The molecule has 0 amide bonds. The van der Waals surface area contributed by atoms with E-state index in [-0.39, 0.29) is 5.56 Å². The molecular formula is C20H26N4O2S. The van der Waals surface area contributed by atoms with Crippen LogP contribution < -0.4 is 10.3 Å². The van der Waals surface area contributed by atoms with Crippen LogP contribution in [0, 0.1) is 0 Å². The summed E-state index contributed by atoms with van der Waals surface area (Å²) in [7, 11) is 0. The first-order valence-electron chi connectivity index (χ1n) is 9.71. The highest BCUT2D eigenvalue weighted by atomic mass is 32.2. The maximum atomic E-state index is 12.3. The molecule has 1 saturated carbocycles. The van der Waals surface area contributed by atoms with E-state index in [1.165, 1.54) is 31.0 Å². The normalized spacial score (nSPS) is 18.3. The summed E-state index contributed by atoms with van der Waals surface area (Å²) in [4.78, 5) is 26.5. The summed E-state index contributed by atoms with van der Waals surface area (Å²) in [5, 5.41) is 0.699. The van der Waals surface area contributed by atoms with Crippen LogP contribution in [0.2, 0.25) is 0 Å². The standard InChI is InChI=1S/C20H26N4O2S/c1-27-20-22-17-9-10-24(13-16(17)19(25)23-20)12-14-7-8-18(21-11-14)26-15-5-3-2-4-6-15/h7-8,11,15H,2-6,9-10,12-13H2,1H3,(H,22,23,25). The molecule has 144 valence electrons. The fourth-order valence-electron chi connectivity index (χ4n) is 3.88. The molecule has 0 radical (unpaired) electrons. The van der Waals surface area contributed by atoms with Gasteiger partial charge in [0.2, 0.25) is 5.88 Å². The van der Waals surface area contributed by atoms with Gasteiger partial charge in [-0.25, -0.2) is 9.97 Å². The molecule has 1 N–H and O–H groups in total. The molecule has 0 saturated heterocycles. The van der Waals surface area contributed by atoms with E-state index >= 15 is 0 Å². The third kappa shape index (κ3) is 4.52. The van der Waals surface area contributed by atoms with Crippen LogP contribution in [0.15, 0.2) is 28.3 Å². The van der Waals surface area contributed by atoms with E-state index in [2.05, 4.69) is 25.9 Å². The van der Waals surface area contributed by atoms with Crippen LogP contribution in [0.4, 0.5) is 0 Å². The Morgan fingerprint density at radius 2 is 2.15 bits per heavy atom. The average Bonchev–Trinajstić information content (AvgIpc) is 2.70. The average molecular weight is 387 g/mol. The quantitative estimate of drug-likeness (QED) is 0.629. The fourth-order valence-corrected chi connectivity index (χ4v) is 4.27. The number of rotatable bonds is 5. The first kappa shape index (κ1) is 18.5. The zero-order valence-corrected chi connectivity index (χ0v) is 16.6. The van der Waals surface area contributed by atoms with Crippen LogP contribution in [-0.4, -0.2) is 38.8 Å². The smallest absolute Gasteiger partial charge is 0.256 e. The summed E-state index contributed by atoms with van der Waals surface area (Å²) in [6, 6.07) is 4.06. The SMILES string of the molecule is CSc1nc2c(c(=O)[nH]1)CN(Cc1ccc(OC3CCCCC3)nc1)CC2. The maximum Gasteiger partial charge on any atom is 0.256 e. The highest BCUT2D eigenvalue weighted by Crippen LogP contribution is 2.23. The lowest BCUT2D eigenvalue weighted by Gasteiger charge is -2.27. The molecule has 0 aromatic carbocycles. The van der Waals surface area contributed by atoms with Gasteiger partial charge in [-0.15, -0.1) is 0 Å². The molecule has 2 aromatic heterocycles. The molecule has 0 bridgehead atoms. The van der Waals surface area contributed by atoms with Crippen molar-refractivity contribution < 1.29 is 4.74 Å². The molecular weight excluding hydrogens is 360 g/mol. The third-order valence-electron chi connectivity index (χ3n) is 5.36. The molecule has 27 heavy (non-hydrogen) atoms. The first-order chi connectivity index (χ1) is 13.2. The maximum absolute atomic E-state index is 12.3. The number of ether oxygens (including phenoxy) is 1. The second-order valence-corrected chi connectivity index (χ2v) is 8.14. The molecule has 1 aliphatic heterocycles. The van der Waals surface area contributed by atoms with E-state index in [4.69, 9.17) is 4.74 Å². The number of aromatic nitrogens is 3. The summed E-state index contributed by atoms with van der Waals surface area (Å²) in [6.07, 6.45) is 11.1. The Bertz CT molecular complexity index is 831. The number of H-pyrrole nitrogens is 1. The van der Waals surface area contributed by atoms with E-state index in [1.807, 2.05) is 18.5 Å². The van der Waals surface area contributed by atoms with Crippen LogP contribution in [0.3, 0.4) is 0 Å². The van der Waals surface area contributed by atoms with Crippen LogP contribution >= 0.6 is 11.8 Å². The minimum atomic E-state index is -0.0107. The van der Waals surface area contributed by atoms with Crippen molar-refractivity contribution in [1.29, 1.82) is 0 Å². The number of aromatic amines is 1. The summed E-state index contributed by atoms with van der Waals surface area (Å²) in [6.45, 7) is 2.31. The zero-order valence-electron chi connectivity index (χ0n) is 15.7. The summed E-state index contributed by atoms with van der Waals surface area (Å²) in [5.74, 6) is 0.722. The molecule has 4 rings (SSSR count). The molecule has 1 fully saturated rings.